The van der Waals surface area contributed by atoms with Gasteiger partial charge in [-0.25, -0.2) is 8.78 Å². The summed E-state index contributed by atoms with van der Waals surface area (Å²) in [5.41, 5.74) is -0.660. The van der Waals surface area contributed by atoms with Crippen LogP contribution in [0.25, 0.3) is 31.3 Å². The molecule has 0 spiro atoms. The van der Waals surface area contributed by atoms with Gasteiger partial charge in [0.05, 0.1) is 16.7 Å². The zero-order chi connectivity index (χ0) is 17.6. The smallest absolute Gasteiger partial charge is 0.151 e. The van der Waals surface area contributed by atoms with Crippen molar-refractivity contribution in [1.82, 2.24) is 0 Å². The Morgan fingerprint density at radius 3 is 2.12 bits per heavy atom. The molecule has 0 fully saturated rings. The number of benzene rings is 3. The second kappa shape index (κ2) is 5.66. The minimum Gasteiger partial charge on any atom is -0.205 e. The van der Waals surface area contributed by atoms with Crippen LogP contribution >= 0.6 is 11.3 Å². The highest BCUT2D eigenvalue weighted by Gasteiger charge is 2.22. The van der Waals surface area contributed by atoms with Crippen LogP contribution in [0, 0.1) is 34.3 Å². The van der Waals surface area contributed by atoms with Crippen molar-refractivity contribution in [1.29, 1.82) is 10.5 Å². The second-order valence-corrected chi connectivity index (χ2v) is 6.53. The summed E-state index contributed by atoms with van der Waals surface area (Å²) >= 11 is 1.43. The van der Waals surface area contributed by atoms with Gasteiger partial charge in [0.1, 0.15) is 12.1 Å². The van der Waals surface area contributed by atoms with E-state index in [1.165, 1.54) is 11.3 Å². The maximum atomic E-state index is 14.8. The Kier molecular flexibility index (Phi) is 3.46. The molecule has 0 saturated carbocycles. The number of fused-ring (bicyclic) bond motifs is 3. The van der Waals surface area contributed by atoms with Gasteiger partial charge in [0, 0.05) is 25.7 Å². The molecule has 0 atom stereocenters. The van der Waals surface area contributed by atoms with Crippen LogP contribution in [0.5, 0.6) is 0 Å². The van der Waals surface area contributed by atoms with Gasteiger partial charge in [-0.2, -0.15) is 10.5 Å². The van der Waals surface area contributed by atoms with E-state index in [0.717, 1.165) is 26.2 Å². The average Bonchev–Trinajstić information content (AvgIpc) is 3.02. The minimum atomic E-state index is -0.941. The normalized spacial score (nSPS) is 10.7. The van der Waals surface area contributed by atoms with E-state index >= 15 is 0 Å². The van der Waals surface area contributed by atoms with Crippen LogP contribution in [0.15, 0.2) is 48.5 Å². The van der Waals surface area contributed by atoms with Crippen LogP contribution in [0.3, 0.4) is 0 Å². The summed E-state index contributed by atoms with van der Waals surface area (Å²) in [5.74, 6) is -1.88. The Hall–Kier alpha value is -3.28. The highest BCUT2D eigenvalue weighted by Crippen LogP contribution is 2.42. The van der Waals surface area contributed by atoms with E-state index in [1.54, 1.807) is 24.3 Å². The predicted octanol–water partition coefficient (Wildman–Crippen LogP) is 5.74. The van der Waals surface area contributed by atoms with E-state index in [9.17, 15) is 8.78 Å². The first-order valence-electron chi connectivity index (χ1n) is 7.38. The molecule has 0 bridgehead atoms. The first-order valence-corrected chi connectivity index (χ1v) is 8.20. The van der Waals surface area contributed by atoms with Gasteiger partial charge in [-0.3, -0.25) is 0 Å². The lowest BCUT2D eigenvalue weighted by Crippen LogP contribution is -1.98. The largest absolute Gasteiger partial charge is 0.205 e. The third-order valence-corrected chi connectivity index (χ3v) is 5.33. The molecule has 25 heavy (non-hydrogen) atoms. The van der Waals surface area contributed by atoms with Crippen molar-refractivity contribution < 1.29 is 8.78 Å². The molecular formula is C20H8F2N2S. The average molecular weight is 346 g/mol. The number of nitrogens with zero attached hydrogens (tertiary/aromatic N) is 2. The molecule has 5 heteroatoms. The summed E-state index contributed by atoms with van der Waals surface area (Å²) < 4.78 is 31.2. The fraction of sp³-hybridized carbons (Fsp3) is 0. The molecular weight excluding hydrogens is 338 g/mol. The standard InChI is InChI=1S/C20H8F2N2S/c21-18-11(9-23)8-12(10-24)19(22)17(18)15-6-3-5-14-13-4-1-2-7-16(13)25-20(14)15/h1-8H. The van der Waals surface area contributed by atoms with Crippen LogP contribution in [-0.4, -0.2) is 0 Å². The van der Waals surface area contributed by atoms with E-state index in [-0.39, 0.29) is 16.7 Å². The van der Waals surface area contributed by atoms with E-state index in [1.807, 2.05) is 30.3 Å². The van der Waals surface area contributed by atoms with Crippen LogP contribution < -0.4 is 0 Å². The Morgan fingerprint density at radius 2 is 1.44 bits per heavy atom. The van der Waals surface area contributed by atoms with Gasteiger partial charge in [0.15, 0.2) is 11.6 Å². The van der Waals surface area contributed by atoms with Crippen molar-refractivity contribution >= 4 is 31.5 Å². The topological polar surface area (TPSA) is 47.6 Å². The third kappa shape index (κ3) is 2.18. The van der Waals surface area contributed by atoms with Crippen molar-refractivity contribution in [2.75, 3.05) is 0 Å². The van der Waals surface area contributed by atoms with Gasteiger partial charge in [0.25, 0.3) is 0 Å². The molecule has 0 aliphatic carbocycles. The summed E-state index contributed by atoms with van der Waals surface area (Å²) in [6.45, 7) is 0. The Labute approximate surface area is 145 Å². The van der Waals surface area contributed by atoms with E-state index < -0.39 is 11.6 Å². The Bertz CT molecular complexity index is 1200. The lowest BCUT2D eigenvalue weighted by Gasteiger charge is -2.09. The lowest BCUT2D eigenvalue weighted by atomic mass is 9.97. The molecule has 4 aromatic rings. The van der Waals surface area contributed by atoms with Crippen LogP contribution in [-0.2, 0) is 0 Å². The van der Waals surface area contributed by atoms with Gasteiger partial charge in [-0.15, -0.1) is 11.3 Å². The first-order chi connectivity index (χ1) is 12.2. The van der Waals surface area contributed by atoms with E-state index in [0.29, 0.717) is 5.56 Å². The molecule has 4 rings (SSSR count). The maximum Gasteiger partial charge on any atom is 0.151 e. The number of hydrogen-bond acceptors (Lipinski definition) is 3. The molecule has 0 aliphatic rings. The minimum absolute atomic E-state index is 0.326. The molecule has 3 aromatic carbocycles. The predicted molar refractivity (Wildman–Crippen MR) is 94.1 cm³/mol. The van der Waals surface area contributed by atoms with Crippen molar-refractivity contribution in [3.8, 4) is 23.3 Å². The van der Waals surface area contributed by atoms with E-state index in [2.05, 4.69) is 0 Å². The third-order valence-electron chi connectivity index (χ3n) is 4.12. The summed E-state index contributed by atoms with van der Waals surface area (Å²) in [4.78, 5) is 0. The van der Waals surface area contributed by atoms with Crippen molar-refractivity contribution in [2.24, 2.45) is 0 Å². The Balaban J connectivity index is 2.17. The summed E-state index contributed by atoms with van der Waals surface area (Å²) in [6.07, 6.45) is 0. The van der Waals surface area contributed by atoms with Gasteiger partial charge in [-0.1, -0.05) is 36.4 Å². The van der Waals surface area contributed by atoms with Crippen molar-refractivity contribution in [3.05, 3.63) is 71.3 Å². The summed E-state index contributed by atoms with van der Waals surface area (Å²) in [6, 6.07) is 17.3. The molecule has 0 saturated heterocycles. The summed E-state index contributed by atoms with van der Waals surface area (Å²) in [5, 5.41) is 20.1. The fourth-order valence-electron chi connectivity index (χ4n) is 2.98. The summed E-state index contributed by atoms with van der Waals surface area (Å²) in [7, 11) is 0. The molecule has 1 heterocycles. The molecule has 118 valence electrons. The highest BCUT2D eigenvalue weighted by atomic mass is 32.1. The van der Waals surface area contributed by atoms with E-state index in [4.69, 9.17) is 10.5 Å². The Morgan fingerprint density at radius 1 is 0.800 bits per heavy atom. The molecule has 1 aromatic heterocycles. The number of hydrogen-bond donors (Lipinski definition) is 0. The molecule has 0 radical (unpaired) electrons. The number of thiophene rings is 1. The number of nitriles is 2. The maximum absolute atomic E-state index is 14.8. The monoisotopic (exact) mass is 346 g/mol. The first kappa shape index (κ1) is 15.3. The quantitative estimate of drug-likeness (QED) is 0.441. The second-order valence-electron chi connectivity index (χ2n) is 5.48. The fourth-order valence-corrected chi connectivity index (χ4v) is 4.20. The van der Waals surface area contributed by atoms with Gasteiger partial charge in [-0.05, 0) is 12.1 Å². The zero-order valence-corrected chi connectivity index (χ0v) is 13.5. The number of halogens is 2. The van der Waals surface area contributed by atoms with Crippen LogP contribution in [0.4, 0.5) is 8.78 Å². The molecule has 0 unspecified atom stereocenters. The van der Waals surface area contributed by atoms with Crippen LogP contribution in [0.1, 0.15) is 11.1 Å². The molecule has 0 aliphatic heterocycles. The van der Waals surface area contributed by atoms with Gasteiger partial charge < -0.3 is 0 Å². The zero-order valence-electron chi connectivity index (χ0n) is 12.7. The molecule has 2 nitrogen and oxygen atoms in total. The highest BCUT2D eigenvalue weighted by molar-refractivity contribution is 7.26. The van der Waals surface area contributed by atoms with Gasteiger partial charge >= 0.3 is 0 Å². The lowest BCUT2D eigenvalue weighted by molar-refractivity contribution is 0.585. The molecule has 0 amide bonds. The molecule has 0 N–H and O–H groups in total. The van der Waals surface area contributed by atoms with Gasteiger partial charge in [0.2, 0.25) is 0 Å². The number of rotatable bonds is 1. The SMILES string of the molecule is N#Cc1cc(C#N)c(F)c(-c2cccc3c2sc2ccccc23)c1F. The van der Waals surface area contributed by atoms with Crippen molar-refractivity contribution in [2.45, 2.75) is 0 Å². The van der Waals surface area contributed by atoms with Crippen LogP contribution in [0.2, 0.25) is 0 Å². The van der Waals surface area contributed by atoms with Crippen molar-refractivity contribution in [3.63, 3.8) is 0 Å².